The second-order valence-electron chi connectivity index (χ2n) is 2.91. The number of ether oxygens (including phenoxy) is 2. The largest absolute Gasteiger partial charge is 0.390 e. The van der Waals surface area contributed by atoms with Crippen LogP contribution in [-0.4, -0.2) is 38.8 Å². The van der Waals surface area contributed by atoms with Crippen LogP contribution in [0.15, 0.2) is 0 Å². The molecule has 0 amide bonds. The number of nitrogens with one attached hydrogen (secondary N) is 1. The Morgan fingerprint density at radius 2 is 1.67 bits per heavy atom. The molecule has 0 aromatic rings. The van der Waals surface area contributed by atoms with Crippen LogP contribution < -0.4 is 5.32 Å². The first-order valence-corrected chi connectivity index (χ1v) is 5.00. The van der Waals surface area contributed by atoms with E-state index in [0.29, 0.717) is 13.2 Å². The molecule has 0 unspecified atom stereocenters. The van der Waals surface area contributed by atoms with Gasteiger partial charge in [0.15, 0.2) is 6.29 Å². The van der Waals surface area contributed by atoms with E-state index in [4.69, 9.17) is 9.47 Å². The van der Waals surface area contributed by atoms with Gasteiger partial charge in [-0.3, -0.25) is 0 Å². The molecule has 0 aliphatic carbocycles. The second-order valence-corrected chi connectivity index (χ2v) is 2.91. The Morgan fingerprint density at radius 1 is 1.13 bits per heavy atom. The molecule has 0 fully saturated rings. The van der Waals surface area contributed by atoms with Crippen LogP contribution in [-0.2, 0) is 9.47 Å². The normalized spacial score (nSPS) is 12.4. The highest BCUT2D eigenvalue weighted by Gasteiger charge is 2.26. The maximum absolute atomic E-state index is 11.8. The fraction of sp³-hybridized carbons (Fsp3) is 1.00. The van der Waals surface area contributed by atoms with Crippen LogP contribution in [0.4, 0.5) is 13.2 Å². The van der Waals surface area contributed by atoms with Gasteiger partial charge in [0, 0.05) is 26.3 Å². The minimum Gasteiger partial charge on any atom is -0.352 e. The third-order valence-electron chi connectivity index (χ3n) is 1.60. The SMILES string of the molecule is CCOC(CNCCC(F)(F)F)OCC. The summed E-state index contributed by atoms with van der Waals surface area (Å²) in [6, 6.07) is 0. The second kappa shape index (κ2) is 7.90. The van der Waals surface area contributed by atoms with E-state index >= 15 is 0 Å². The lowest BCUT2D eigenvalue weighted by atomic mass is 10.4. The van der Waals surface area contributed by atoms with E-state index in [1.54, 1.807) is 0 Å². The third kappa shape index (κ3) is 9.96. The number of alkyl halides is 3. The van der Waals surface area contributed by atoms with Crippen LogP contribution in [0.5, 0.6) is 0 Å². The lowest BCUT2D eigenvalue weighted by molar-refractivity contribution is -0.141. The molecule has 0 rings (SSSR count). The van der Waals surface area contributed by atoms with Gasteiger partial charge in [0.25, 0.3) is 0 Å². The molecule has 0 aliphatic rings. The quantitative estimate of drug-likeness (QED) is 0.509. The first kappa shape index (κ1) is 14.7. The van der Waals surface area contributed by atoms with Gasteiger partial charge in [0.2, 0.25) is 0 Å². The fourth-order valence-electron chi connectivity index (χ4n) is 0.988. The smallest absolute Gasteiger partial charge is 0.352 e. The van der Waals surface area contributed by atoms with Crippen molar-refractivity contribution in [2.45, 2.75) is 32.7 Å². The lowest BCUT2D eigenvalue weighted by Gasteiger charge is -2.17. The van der Waals surface area contributed by atoms with E-state index in [9.17, 15) is 13.2 Å². The van der Waals surface area contributed by atoms with Gasteiger partial charge >= 0.3 is 6.18 Å². The van der Waals surface area contributed by atoms with Gasteiger partial charge in [0.1, 0.15) is 0 Å². The monoisotopic (exact) mass is 229 g/mol. The molecular weight excluding hydrogens is 211 g/mol. The maximum atomic E-state index is 11.8. The van der Waals surface area contributed by atoms with Crippen molar-refractivity contribution >= 4 is 0 Å². The van der Waals surface area contributed by atoms with E-state index in [-0.39, 0.29) is 13.1 Å². The summed E-state index contributed by atoms with van der Waals surface area (Å²) in [5.41, 5.74) is 0. The molecule has 0 radical (unpaired) electrons. The molecule has 0 atom stereocenters. The molecule has 0 saturated carbocycles. The molecule has 6 heteroatoms. The van der Waals surface area contributed by atoms with Crippen molar-refractivity contribution in [2.24, 2.45) is 0 Å². The Balaban J connectivity index is 3.52. The summed E-state index contributed by atoms with van der Waals surface area (Å²) < 4.78 is 45.6. The molecule has 1 N–H and O–H groups in total. The topological polar surface area (TPSA) is 30.5 Å². The van der Waals surface area contributed by atoms with Crippen molar-refractivity contribution in [1.29, 1.82) is 0 Å². The maximum Gasteiger partial charge on any atom is 0.390 e. The highest BCUT2D eigenvalue weighted by molar-refractivity contribution is 4.56. The van der Waals surface area contributed by atoms with Crippen LogP contribution in [0, 0.1) is 0 Å². The Labute approximate surface area is 87.9 Å². The van der Waals surface area contributed by atoms with Crippen molar-refractivity contribution in [3.63, 3.8) is 0 Å². The summed E-state index contributed by atoms with van der Waals surface area (Å²) in [7, 11) is 0. The summed E-state index contributed by atoms with van der Waals surface area (Å²) in [6.45, 7) is 4.73. The van der Waals surface area contributed by atoms with Gasteiger partial charge in [-0.2, -0.15) is 13.2 Å². The summed E-state index contributed by atoms with van der Waals surface area (Å²) in [6.07, 6.45) is -5.41. The fourth-order valence-corrected chi connectivity index (χ4v) is 0.988. The summed E-state index contributed by atoms with van der Waals surface area (Å²) in [4.78, 5) is 0. The molecule has 0 aliphatic heterocycles. The molecule has 15 heavy (non-hydrogen) atoms. The first-order chi connectivity index (χ1) is 6.99. The standard InChI is InChI=1S/C9H18F3NO2/c1-3-14-8(15-4-2)7-13-6-5-9(10,11)12/h8,13H,3-7H2,1-2H3. The van der Waals surface area contributed by atoms with E-state index in [0.717, 1.165) is 0 Å². The van der Waals surface area contributed by atoms with E-state index in [1.165, 1.54) is 0 Å². The number of halogens is 3. The molecule has 0 heterocycles. The van der Waals surface area contributed by atoms with Crippen molar-refractivity contribution in [3.8, 4) is 0 Å². The highest BCUT2D eigenvalue weighted by atomic mass is 19.4. The molecule has 0 spiro atoms. The molecule has 0 bridgehead atoms. The van der Waals surface area contributed by atoms with Crippen LogP contribution in [0.1, 0.15) is 20.3 Å². The Hall–Kier alpha value is -0.330. The average molecular weight is 229 g/mol. The third-order valence-corrected chi connectivity index (χ3v) is 1.60. The van der Waals surface area contributed by atoms with E-state index in [1.807, 2.05) is 13.8 Å². The Bertz CT molecular complexity index is 147. The van der Waals surface area contributed by atoms with Gasteiger partial charge in [-0.05, 0) is 13.8 Å². The molecular formula is C9H18F3NO2. The summed E-state index contributed by atoms with van der Waals surface area (Å²) in [5, 5.41) is 2.64. The Kier molecular flexibility index (Phi) is 7.72. The summed E-state index contributed by atoms with van der Waals surface area (Å²) in [5.74, 6) is 0. The average Bonchev–Trinajstić information content (AvgIpc) is 2.11. The highest BCUT2D eigenvalue weighted by Crippen LogP contribution is 2.18. The zero-order chi connectivity index (χ0) is 11.7. The van der Waals surface area contributed by atoms with Gasteiger partial charge in [-0.15, -0.1) is 0 Å². The number of hydrogen-bond donors (Lipinski definition) is 1. The molecule has 0 aromatic carbocycles. The minimum absolute atomic E-state index is 0.111. The zero-order valence-electron chi connectivity index (χ0n) is 9.06. The van der Waals surface area contributed by atoms with Gasteiger partial charge in [0.05, 0.1) is 6.42 Å². The van der Waals surface area contributed by atoms with Crippen molar-refractivity contribution in [3.05, 3.63) is 0 Å². The molecule has 92 valence electrons. The van der Waals surface area contributed by atoms with Crippen LogP contribution in [0.3, 0.4) is 0 Å². The van der Waals surface area contributed by atoms with E-state index in [2.05, 4.69) is 5.32 Å². The van der Waals surface area contributed by atoms with E-state index < -0.39 is 18.9 Å². The van der Waals surface area contributed by atoms with Gasteiger partial charge in [-0.1, -0.05) is 0 Å². The number of rotatable bonds is 8. The predicted molar refractivity (Wildman–Crippen MR) is 50.6 cm³/mol. The van der Waals surface area contributed by atoms with Crippen molar-refractivity contribution in [2.75, 3.05) is 26.3 Å². The van der Waals surface area contributed by atoms with Crippen LogP contribution >= 0.6 is 0 Å². The van der Waals surface area contributed by atoms with Gasteiger partial charge < -0.3 is 14.8 Å². The zero-order valence-corrected chi connectivity index (χ0v) is 9.06. The lowest BCUT2D eigenvalue weighted by Crippen LogP contribution is -2.33. The molecule has 0 aromatic heterocycles. The predicted octanol–water partition coefficient (Wildman–Crippen LogP) is 1.93. The Morgan fingerprint density at radius 3 is 2.07 bits per heavy atom. The van der Waals surface area contributed by atoms with Crippen LogP contribution in [0.2, 0.25) is 0 Å². The van der Waals surface area contributed by atoms with Crippen molar-refractivity contribution in [1.82, 2.24) is 5.32 Å². The number of hydrogen-bond acceptors (Lipinski definition) is 3. The molecule has 3 nitrogen and oxygen atoms in total. The van der Waals surface area contributed by atoms with Crippen LogP contribution in [0.25, 0.3) is 0 Å². The van der Waals surface area contributed by atoms with Gasteiger partial charge in [-0.25, -0.2) is 0 Å². The summed E-state index contributed by atoms with van der Waals surface area (Å²) >= 11 is 0. The first-order valence-electron chi connectivity index (χ1n) is 5.00. The molecule has 0 saturated heterocycles. The minimum atomic E-state index is -4.11. The van der Waals surface area contributed by atoms with Crippen molar-refractivity contribution < 1.29 is 22.6 Å².